The Morgan fingerprint density at radius 3 is 3.15 bits per heavy atom. The normalized spacial score (nSPS) is 16.4. The van der Waals surface area contributed by atoms with Crippen molar-refractivity contribution in [2.75, 3.05) is 11.9 Å². The second kappa shape index (κ2) is 3.47. The van der Waals surface area contributed by atoms with Crippen molar-refractivity contribution in [3.05, 3.63) is 29.3 Å². The number of benzene rings is 1. The van der Waals surface area contributed by atoms with Crippen molar-refractivity contribution in [2.45, 2.75) is 12.2 Å². The van der Waals surface area contributed by atoms with Crippen molar-refractivity contribution < 1.29 is 8.76 Å². The smallest absolute Gasteiger partial charge is 0.157 e. The average molecular weight is 197 g/mol. The first kappa shape index (κ1) is 8.72. The summed E-state index contributed by atoms with van der Waals surface area (Å²) in [5.41, 5.74) is 3.32. The Kier molecular flexibility index (Phi) is 2.33. The first-order chi connectivity index (χ1) is 6.25. The van der Waals surface area contributed by atoms with Gasteiger partial charge in [-0.25, -0.2) is 4.21 Å². The second-order valence-electron chi connectivity index (χ2n) is 3.13. The molecule has 0 saturated carbocycles. The molecule has 70 valence electrons. The Hall–Kier alpha value is -0.870. The number of fused-ring (bicyclic) bond motifs is 1. The SMILES string of the molecule is O=S(O)Cc1ccc2c(c1)NCC2. The average Bonchev–Trinajstić information content (AvgIpc) is 2.49. The third kappa shape index (κ3) is 1.89. The topological polar surface area (TPSA) is 49.3 Å². The van der Waals surface area contributed by atoms with Crippen LogP contribution in [0.1, 0.15) is 11.1 Å². The van der Waals surface area contributed by atoms with Gasteiger partial charge in [-0.05, 0) is 23.6 Å². The number of rotatable bonds is 2. The predicted octanol–water partition coefficient (Wildman–Crippen LogP) is 1.38. The lowest BCUT2D eigenvalue weighted by Crippen LogP contribution is -1.94. The molecule has 4 heteroatoms. The van der Waals surface area contributed by atoms with Gasteiger partial charge in [-0.3, -0.25) is 0 Å². The molecule has 2 rings (SSSR count). The number of anilines is 1. The lowest BCUT2D eigenvalue weighted by atomic mass is 10.1. The van der Waals surface area contributed by atoms with Gasteiger partial charge in [-0.15, -0.1) is 0 Å². The summed E-state index contributed by atoms with van der Waals surface area (Å²) in [5, 5.41) is 3.23. The molecule has 1 aromatic rings. The van der Waals surface area contributed by atoms with Gasteiger partial charge in [-0.1, -0.05) is 12.1 Å². The third-order valence-corrected chi connectivity index (χ3v) is 2.75. The van der Waals surface area contributed by atoms with E-state index >= 15 is 0 Å². The first-order valence-corrected chi connectivity index (χ1v) is 5.46. The highest BCUT2D eigenvalue weighted by Gasteiger charge is 2.10. The van der Waals surface area contributed by atoms with E-state index in [1.165, 1.54) is 5.56 Å². The summed E-state index contributed by atoms with van der Waals surface area (Å²) in [6, 6.07) is 5.90. The molecule has 1 aromatic carbocycles. The molecule has 0 aliphatic carbocycles. The number of hydrogen-bond acceptors (Lipinski definition) is 2. The van der Waals surface area contributed by atoms with Crippen molar-refractivity contribution in [1.29, 1.82) is 0 Å². The summed E-state index contributed by atoms with van der Waals surface area (Å²) in [7, 11) is 0. The van der Waals surface area contributed by atoms with Gasteiger partial charge < -0.3 is 9.87 Å². The molecule has 13 heavy (non-hydrogen) atoms. The van der Waals surface area contributed by atoms with E-state index in [2.05, 4.69) is 5.32 Å². The molecule has 1 unspecified atom stereocenters. The molecule has 0 saturated heterocycles. The molecule has 1 heterocycles. The molecule has 1 aliphatic rings. The fourth-order valence-electron chi connectivity index (χ4n) is 1.57. The molecule has 0 amide bonds. The van der Waals surface area contributed by atoms with E-state index < -0.39 is 11.1 Å². The minimum atomic E-state index is -1.74. The van der Waals surface area contributed by atoms with E-state index in [-0.39, 0.29) is 5.75 Å². The molecule has 2 N–H and O–H groups in total. The van der Waals surface area contributed by atoms with Gasteiger partial charge in [-0.2, -0.15) is 0 Å². The van der Waals surface area contributed by atoms with Gasteiger partial charge >= 0.3 is 0 Å². The second-order valence-corrected chi connectivity index (χ2v) is 4.07. The van der Waals surface area contributed by atoms with E-state index in [1.807, 2.05) is 18.2 Å². The maximum atomic E-state index is 10.6. The van der Waals surface area contributed by atoms with Crippen molar-refractivity contribution in [1.82, 2.24) is 0 Å². The summed E-state index contributed by atoms with van der Waals surface area (Å²) in [6.45, 7) is 0.973. The maximum Gasteiger partial charge on any atom is 0.157 e. The fraction of sp³-hybridized carbons (Fsp3) is 0.333. The van der Waals surface area contributed by atoms with Crippen molar-refractivity contribution >= 4 is 16.8 Å². The Morgan fingerprint density at radius 1 is 1.54 bits per heavy atom. The Labute approximate surface area is 79.4 Å². The van der Waals surface area contributed by atoms with Crippen LogP contribution >= 0.6 is 0 Å². The van der Waals surface area contributed by atoms with Crippen molar-refractivity contribution in [3.8, 4) is 0 Å². The van der Waals surface area contributed by atoms with Gasteiger partial charge in [0, 0.05) is 12.2 Å². The van der Waals surface area contributed by atoms with Crippen LogP contribution in [-0.4, -0.2) is 15.3 Å². The van der Waals surface area contributed by atoms with Crippen LogP contribution in [0.4, 0.5) is 5.69 Å². The van der Waals surface area contributed by atoms with E-state index in [9.17, 15) is 4.21 Å². The monoisotopic (exact) mass is 197 g/mol. The van der Waals surface area contributed by atoms with Gasteiger partial charge in [0.25, 0.3) is 0 Å². The zero-order chi connectivity index (χ0) is 9.26. The van der Waals surface area contributed by atoms with Crippen LogP contribution in [0.3, 0.4) is 0 Å². The van der Waals surface area contributed by atoms with Crippen LogP contribution in [0.25, 0.3) is 0 Å². The van der Waals surface area contributed by atoms with Gasteiger partial charge in [0.15, 0.2) is 11.1 Å². The predicted molar refractivity (Wildman–Crippen MR) is 53.1 cm³/mol. The highest BCUT2D eigenvalue weighted by atomic mass is 32.2. The summed E-state index contributed by atoms with van der Waals surface area (Å²) in [4.78, 5) is 0. The van der Waals surface area contributed by atoms with Crippen LogP contribution in [0.5, 0.6) is 0 Å². The van der Waals surface area contributed by atoms with E-state index in [1.54, 1.807) is 0 Å². The Morgan fingerprint density at radius 2 is 2.38 bits per heavy atom. The molecular weight excluding hydrogens is 186 g/mol. The van der Waals surface area contributed by atoms with E-state index in [0.29, 0.717) is 0 Å². The highest BCUT2D eigenvalue weighted by Crippen LogP contribution is 2.23. The first-order valence-electron chi connectivity index (χ1n) is 4.19. The van der Waals surface area contributed by atoms with Crippen LogP contribution in [0.15, 0.2) is 18.2 Å². The summed E-state index contributed by atoms with van der Waals surface area (Å²) < 4.78 is 19.3. The number of nitrogens with one attached hydrogen (secondary N) is 1. The van der Waals surface area contributed by atoms with Crippen LogP contribution < -0.4 is 5.32 Å². The molecule has 0 aromatic heterocycles. The molecule has 3 nitrogen and oxygen atoms in total. The quantitative estimate of drug-likeness (QED) is 0.704. The zero-order valence-corrected chi connectivity index (χ0v) is 7.93. The summed E-state index contributed by atoms with van der Waals surface area (Å²) in [5.74, 6) is 0.217. The standard InChI is InChI=1S/C9H11NO2S/c11-13(12)6-7-1-2-8-3-4-10-9(8)5-7/h1-2,5,10H,3-4,6H2,(H,11,12). The molecule has 0 bridgehead atoms. The van der Waals surface area contributed by atoms with E-state index in [4.69, 9.17) is 4.55 Å². The van der Waals surface area contributed by atoms with Crippen molar-refractivity contribution in [3.63, 3.8) is 0 Å². The van der Waals surface area contributed by atoms with Crippen molar-refractivity contribution in [2.24, 2.45) is 0 Å². The third-order valence-electron chi connectivity index (χ3n) is 2.17. The minimum absolute atomic E-state index is 0.217. The van der Waals surface area contributed by atoms with Gasteiger partial charge in [0.1, 0.15) is 0 Å². The number of hydrogen-bond donors (Lipinski definition) is 2. The minimum Gasteiger partial charge on any atom is -0.384 e. The largest absolute Gasteiger partial charge is 0.384 e. The molecule has 0 radical (unpaired) electrons. The molecular formula is C9H11NO2S. The summed E-state index contributed by atoms with van der Waals surface area (Å²) >= 11 is -1.74. The molecule has 0 fully saturated rings. The lowest BCUT2D eigenvalue weighted by Gasteiger charge is -2.02. The molecule has 1 atom stereocenters. The molecule has 1 aliphatic heterocycles. The Bertz CT molecular complexity index is 351. The molecule has 0 spiro atoms. The lowest BCUT2D eigenvalue weighted by molar-refractivity contribution is 0.563. The maximum absolute atomic E-state index is 10.6. The Balaban J connectivity index is 2.25. The van der Waals surface area contributed by atoms with Crippen LogP contribution in [-0.2, 0) is 23.3 Å². The zero-order valence-electron chi connectivity index (χ0n) is 7.12. The summed E-state index contributed by atoms with van der Waals surface area (Å²) in [6.07, 6.45) is 1.05. The highest BCUT2D eigenvalue weighted by molar-refractivity contribution is 7.78. The van der Waals surface area contributed by atoms with Gasteiger partial charge in [0.2, 0.25) is 0 Å². The van der Waals surface area contributed by atoms with Crippen LogP contribution in [0, 0.1) is 0 Å². The van der Waals surface area contributed by atoms with Gasteiger partial charge in [0.05, 0.1) is 5.75 Å². The fourth-order valence-corrected chi connectivity index (χ4v) is 2.04. The van der Waals surface area contributed by atoms with E-state index in [0.717, 1.165) is 24.2 Å². The van der Waals surface area contributed by atoms with Crippen LogP contribution in [0.2, 0.25) is 0 Å².